The summed E-state index contributed by atoms with van der Waals surface area (Å²) in [5.41, 5.74) is 8.29. The van der Waals surface area contributed by atoms with Gasteiger partial charge in [0.15, 0.2) is 11.5 Å². The summed E-state index contributed by atoms with van der Waals surface area (Å²) in [5, 5.41) is 21.4. The molecule has 0 bridgehead atoms. The summed E-state index contributed by atoms with van der Waals surface area (Å²) >= 11 is 12.6. The van der Waals surface area contributed by atoms with E-state index in [0.717, 1.165) is 43.4 Å². The lowest BCUT2D eigenvalue weighted by atomic mass is 9.99. The molecule has 10 nitrogen and oxygen atoms in total. The van der Waals surface area contributed by atoms with Crippen molar-refractivity contribution in [3.05, 3.63) is 57.8 Å². The minimum absolute atomic E-state index is 0.195. The maximum atomic E-state index is 9.04. The second-order valence-corrected chi connectivity index (χ2v) is 10.6. The fourth-order valence-corrected chi connectivity index (χ4v) is 5.07. The van der Waals surface area contributed by atoms with Crippen LogP contribution in [0.2, 0.25) is 10.0 Å². The molecule has 12 heteroatoms. The molecule has 0 saturated carbocycles. The summed E-state index contributed by atoms with van der Waals surface area (Å²) < 4.78 is 1.74. The predicted octanol–water partition coefficient (Wildman–Crippen LogP) is 4.75. The summed E-state index contributed by atoms with van der Waals surface area (Å²) in [5.74, 6) is 2.90. The number of piperidine rings is 1. The van der Waals surface area contributed by atoms with E-state index >= 15 is 0 Å². The molecule has 0 amide bonds. The molecule has 1 aliphatic rings. The Bertz CT molecular complexity index is 1500. The summed E-state index contributed by atoms with van der Waals surface area (Å²) in [6, 6.07) is 12.6. The standard InChI is InChI=1S/C27H30Cl2N10/c1-17-6-11-38(12-7-17)13-8-24-35-25-15-22(20-4-3-19(28)14-21(20)29)34-27(39(25)37-24)33-10-9-32-23-5-2-18(16-30)26(31)36-23/h2-5,14-15,17H,6-13H2,1H3,(H,33,34)(H3,31,32,36). The molecule has 4 aromatic rings. The van der Waals surface area contributed by atoms with Gasteiger partial charge in [-0.2, -0.15) is 9.78 Å². The Kier molecular flexibility index (Phi) is 8.31. The van der Waals surface area contributed by atoms with E-state index in [2.05, 4.69) is 27.4 Å². The van der Waals surface area contributed by atoms with Gasteiger partial charge in [0.2, 0.25) is 5.95 Å². The molecule has 39 heavy (non-hydrogen) atoms. The van der Waals surface area contributed by atoms with Gasteiger partial charge in [0, 0.05) is 42.7 Å². The van der Waals surface area contributed by atoms with Gasteiger partial charge < -0.3 is 21.3 Å². The Morgan fingerprint density at radius 3 is 2.59 bits per heavy atom. The van der Waals surface area contributed by atoms with Gasteiger partial charge in [-0.1, -0.05) is 30.1 Å². The lowest BCUT2D eigenvalue weighted by Gasteiger charge is -2.29. The van der Waals surface area contributed by atoms with Crippen LogP contribution < -0.4 is 16.4 Å². The first-order valence-electron chi connectivity index (χ1n) is 13.0. The number of aromatic nitrogens is 5. The zero-order chi connectivity index (χ0) is 27.4. The molecule has 0 unspecified atom stereocenters. The topological polar surface area (TPSA) is 133 Å². The number of nitrogens with zero attached hydrogens (tertiary/aromatic N) is 7. The second kappa shape index (κ2) is 12.0. The van der Waals surface area contributed by atoms with Crippen LogP contribution in [0.25, 0.3) is 16.9 Å². The van der Waals surface area contributed by atoms with Crippen molar-refractivity contribution in [2.24, 2.45) is 5.92 Å². The third-order valence-corrected chi connectivity index (χ3v) is 7.41. The number of rotatable bonds is 9. The molecular weight excluding hydrogens is 535 g/mol. The van der Waals surface area contributed by atoms with E-state index in [1.807, 2.05) is 18.2 Å². The van der Waals surface area contributed by atoms with Gasteiger partial charge >= 0.3 is 0 Å². The maximum Gasteiger partial charge on any atom is 0.226 e. The zero-order valence-corrected chi connectivity index (χ0v) is 23.2. The van der Waals surface area contributed by atoms with Crippen molar-refractivity contribution in [1.82, 2.24) is 29.5 Å². The molecule has 202 valence electrons. The van der Waals surface area contributed by atoms with Gasteiger partial charge in [-0.25, -0.2) is 15.0 Å². The number of benzene rings is 1. The van der Waals surface area contributed by atoms with Crippen molar-refractivity contribution >= 4 is 46.4 Å². The fourth-order valence-electron chi connectivity index (χ4n) is 4.57. The van der Waals surface area contributed by atoms with E-state index < -0.39 is 0 Å². The molecule has 1 aliphatic heterocycles. The Hall–Kier alpha value is -3.65. The molecular formula is C27H30Cl2N10. The molecule has 3 aromatic heterocycles. The van der Waals surface area contributed by atoms with Crippen molar-refractivity contribution in [1.29, 1.82) is 5.26 Å². The molecule has 4 N–H and O–H groups in total. The predicted molar refractivity (Wildman–Crippen MR) is 155 cm³/mol. The number of pyridine rings is 1. The van der Waals surface area contributed by atoms with Crippen LogP contribution in [0.15, 0.2) is 36.4 Å². The first-order chi connectivity index (χ1) is 18.9. The number of halogens is 2. The number of nitrogens with one attached hydrogen (secondary N) is 2. The third-order valence-electron chi connectivity index (χ3n) is 6.86. The van der Waals surface area contributed by atoms with Crippen molar-refractivity contribution in [2.45, 2.75) is 26.2 Å². The van der Waals surface area contributed by atoms with Crippen LogP contribution in [0.1, 0.15) is 31.2 Å². The largest absolute Gasteiger partial charge is 0.383 e. The SMILES string of the molecule is CC1CCN(CCc2nc3cc(-c4ccc(Cl)cc4Cl)nc(NCCNc4ccc(C#N)c(N)n4)n3n2)CC1. The molecule has 5 rings (SSSR count). The number of likely N-dealkylation sites (tertiary alicyclic amines) is 1. The molecule has 0 radical (unpaired) electrons. The van der Waals surface area contributed by atoms with E-state index in [1.54, 1.807) is 28.8 Å². The fraction of sp³-hybridized carbons (Fsp3) is 0.370. The number of nitrogen functional groups attached to an aromatic ring is 1. The number of nitriles is 1. The normalized spacial score (nSPS) is 14.4. The van der Waals surface area contributed by atoms with Crippen LogP contribution in [0, 0.1) is 17.2 Å². The summed E-state index contributed by atoms with van der Waals surface area (Å²) in [4.78, 5) is 16.3. The molecule has 0 aliphatic carbocycles. The Morgan fingerprint density at radius 2 is 1.85 bits per heavy atom. The first kappa shape index (κ1) is 26.9. The maximum absolute atomic E-state index is 9.04. The Labute approximate surface area is 237 Å². The van der Waals surface area contributed by atoms with Gasteiger partial charge in [-0.3, -0.25) is 0 Å². The minimum atomic E-state index is 0.195. The average Bonchev–Trinajstić information content (AvgIpc) is 3.34. The lowest BCUT2D eigenvalue weighted by molar-refractivity contribution is 0.193. The van der Waals surface area contributed by atoms with Gasteiger partial charge in [0.1, 0.15) is 17.7 Å². The lowest BCUT2D eigenvalue weighted by Crippen LogP contribution is -2.34. The highest BCUT2D eigenvalue weighted by Crippen LogP contribution is 2.30. The van der Waals surface area contributed by atoms with E-state index in [0.29, 0.717) is 51.8 Å². The molecule has 0 spiro atoms. The molecule has 1 aromatic carbocycles. The summed E-state index contributed by atoms with van der Waals surface area (Å²) in [7, 11) is 0. The van der Waals surface area contributed by atoms with E-state index in [1.165, 1.54) is 12.8 Å². The molecule has 1 fully saturated rings. The highest BCUT2D eigenvalue weighted by atomic mass is 35.5. The molecule has 1 saturated heterocycles. The van der Waals surface area contributed by atoms with Crippen molar-refractivity contribution in [3.63, 3.8) is 0 Å². The van der Waals surface area contributed by atoms with Crippen LogP contribution >= 0.6 is 23.2 Å². The number of hydrogen-bond donors (Lipinski definition) is 3. The highest BCUT2D eigenvalue weighted by Gasteiger charge is 2.18. The van der Waals surface area contributed by atoms with Crippen LogP contribution in [0.3, 0.4) is 0 Å². The van der Waals surface area contributed by atoms with Gasteiger partial charge in [0.25, 0.3) is 0 Å². The summed E-state index contributed by atoms with van der Waals surface area (Å²) in [6.07, 6.45) is 3.24. The third kappa shape index (κ3) is 6.50. The minimum Gasteiger partial charge on any atom is -0.383 e. The van der Waals surface area contributed by atoms with Crippen molar-refractivity contribution in [2.75, 3.05) is 49.1 Å². The van der Waals surface area contributed by atoms with Gasteiger partial charge in [-0.05, 0) is 62.2 Å². The number of anilines is 3. The molecule has 4 heterocycles. The van der Waals surface area contributed by atoms with Crippen LogP contribution in [-0.2, 0) is 6.42 Å². The summed E-state index contributed by atoms with van der Waals surface area (Å²) in [6.45, 7) is 6.54. The van der Waals surface area contributed by atoms with Crippen molar-refractivity contribution in [3.8, 4) is 17.3 Å². The Morgan fingerprint density at radius 1 is 1.05 bits per heavy atom. The second-order valence-electron chi connectivity index (χ2n) is 9.76. The number of fused-ring (bicyclic) bond motifs is 1. The van der Waals surface area contributed by atoms with Crippen molar-refractivity contribution < 1.29 is 0 Å². The van der Waals surface area contributed by atoms with Gasteiger partial charge in [0.05, 0.1) is 16.3 Å². The molecule has 0 atom stereocenters. The number of nitrogens with two attached hydrogens (primary N) is 1. The van der Waals surface area contributed by atoms with E-state index in [-0.39, 0.29) is 5.82 Å². The van der Waals surface area contributed by atoms with Crippen LogP contribution in [0.4, 0.5) is 17.6 Å². The highest BCUT2D eigenvalue weighted by molar-refractivity contribution is 6.36. The van der Waals surface area contributed by atoms with Gasteiger partial charge in [-0.15, -0.1) is 5.10 Å². The smallest absolute Gasteiger partial charge is 0.226 e. The average molecular weight is 566 g/mol. The number of hydrogen-bond acceptors (Lipinski definition) is 9. The first-order valence-corrected chi connectivity index (χ1v) is 13.7. The van der Waals surface area contributed by atoms with E-state index in [4.69, 9.17) is 49.3 Å². The van der Waals surface area contributed by atoms with Crippen LogP contribution in [0.5, 0.6) is 0 Å². The van der Waals surface area contributed by atoms with Crippen LogP contribution in [-0.4, -0.2) is 62.2 Å². The van der Waals surface area contributed by atoms with E-state index in [9.17, 15) is 0 Å². The monoisotopic (exact) mass is 564 g/mol. The quantitative estimate of drug-likeness (QED) is 0.246. The Balaban J connectivity index is 1.34. The zero-order valence-electron chi connectivity index (χ0n) is 21.7.